The summed E-state index contributed by atoms with van der Waals surface area (Å²) in [5.74, 6) is -3.26. The average molecular weight is 1730 g/mol. The molecule has 0 bridgehead atoms. The number of carboxylic acids is 1. The van der Waals surface area contributed by atoms with Crippen LogP contribution in [0.3, 0.4) is 0 Å². The molecule has 29 nitrogen and oxygen atoms in total. The summed E-state index contributed by atoms with van der Waals surface area (Å²) in [5, 5.41) is 30.6. The second kappa shape index (κ2) is 45.8. The number of nitrogens with zero attached hydrogens (tertiary/aromatic N) is 15. The second-order valence-corrected chi connectivity index (χ2v) is 30.2. The highest BCUT2D eigenvalue weighted by Crippen LogP contribution is 2.29. The lowest BCUT2D eigenvalue weighted by Crippen LogP contribution is -2.43. The summed E-state index contributed by atoms with van der Waals surface area (Å²) in [6.07, 6.45) is 20.6. The van der Waals surface area contributed by atoms with E-state index in [1.165, 1.54) is 91.6 Å². The fourth-order valence-electron chi connectivity index (χ4n) is 13.1. The first-order valence-electron chi connectivity index (χ1n) is 37.3. The highest BCUT2D eigenvalue weighted by molar-refractivity contribution is 7.80. The van der Waals surface area contributed by atoms with Gasteiger partial charge in [-0.2, -0.15) is 28.7 Å². The predicted octanol–water partition coefficient (Wildman–Crippen LogP) is 9.24. The molecule has 4 saturated heterocycles. The summed E-state index contributed by atoms with van der Waals surface area (Å²) in [6.45, 7) is 7.34. The average Bonchev–Trinajstić information content (AvgIpc) is 1.67. The number of imidazole rings is 2. The Bertz CT molecular complexity index is 5230. The summed E-state index contributed by atoms with van der Waals surface area (Å²) in [6, 6.07) is 22.8. The highest BCUT2D eigenvalue weighted by atomic mass is 32.3. The number of thiocarbonyl (C=S) groups is 3. The van der Waals surface area contributed by atoms with Crippen LogP contribution in [0.4, 0.5) is 41.1 Å². The molecule has 14 rings (SSSR count). The van der Waals surface area contributed by atoms with Gasteiger partial charge in [0.2, 0.25) is 0 Å². The minimum atomic E-state index is -4.67. The van der Waals surface area contributed by atoms with Gasteiger partial charge in [-0.15, -0.1) is 0 Å². The van der Waals surface area contributed by atoms with E-state index in [-0.39, 0.29) is 40.5 Å². The van der Waals surface area contributed by atoms with Crippen molar-refractivity contribution < 1.29 is 71.9 Å². The summed E-state index contributed by atoms with van der Waals surface area (Å²) in [7, 11) is -0.237. The molecule has 4 aliphatic rings. The molecule has 1 amide bonds. The van der Waals surface area contributed by atoms with Crippen molar-refractivity contribution >= 4 is 80.0 Å². The number of amides is 1. The molecule has 0 aliphatic carbocycles. The van der Waals surface area contributed by atoms with E-state index in [1.54, 1.807) is 59.7 Å². The molecule has 0 spiro atoms. The van der Waals surface area contributed by atoms with Gasteiger partial charge in [-0.1, -0.05) is 24.4 Å². The first kappa shape index (κ1) is 93.4. The van der Waals surface area contributed by atoms with Gasteiger partial charge >= 0.3 is 16.4 Å². The van der Waals surface area contributed by atoms with E-state index in [9.17, 15) is 59.1 Å². The van der Waals surface area contributed by atoms with Gasteiger partial charge in [0.15, 0.2) is 10.8 Å². The van der Waals surface area contributed by atoms with Gasteiger partial charge in [0.25, 0.3) is 34.4 Å². The Labute approximate surface area is 694 Å². The number of hydrogen-bond acceptors (Lipinski definition) is 21. The summed E-state index contributed by atoms with van der Waals surface area (Å²) < 4.78 is 149. The van der Waals surface area contributed by atoms with E-state index in [1.807, 2.05) is 9.80 Å². The molecule has 4 aliphatic heterocycles. The molecule has 0 atom stereocenters. The molecule has 6 aromatic heterocycles. The lowest BCUT2D eigenvalue weighted by molar-refractivity contribution is 0.0687. The number of carbonyl (C=O) groups excluding carboxylic acids is 1. The molecule has 119 heavy (non-hydrogen) atoms. The number of nitrogens with one attached hydrogen (secondary N) is 2. The zero-order valence-corrected chi connectivity index (χ0v) is 68.0. The fraction of sp³-hybridized carbons (Fsp3) is 0.372. The van der Waals surface area contributed by atoms with E-state index in [2.05, 4.69) is 50.9 Å². The van der Waals surface area contributed by atoms with Crippen LogP contribution in [0.15, 0.2) is 166 Å². The van der Waals surface area contributed by atoms with Crippen molar-refractivity contribution in [3.05, 3.63) is 258 Å². The van der Waals surface area contributed by atoms with Gasteiger partial charge in [-0.3, -0.25) is 37.4 Å². The van der Waals surface area contributed by atoms with Gasteiger partial charge in [0.1, 0.15) is 70.6 Å². The molecule has 4 aromatic carbocycles. The van der Waals surface area contributed by atoms with Crippen LogP contribution in [0.25, 0.3) is 11.6 Å². The molecule has 7 N–H and O–H groups in total. The predicted molar refractivity (Wildman–Crippen MR) is 437 cm³/mol. The third kappa shape index (κ3) is 32.0. The maximum absolute atomic E-state index is 13.4. The SMILES string of the molecule is Cn1nc(-c2nc(N3CCC(Cc4cc(F)cc(F)c4)CC3)no2)ccc1=O.Cn1nc(C(=O)NCC(=S)N2CCC(Cc3cc(F)cc(F)c3)CC2)ccc1=O.Cn1nc(C(=O)O)ccc1=O.Fc1cc(F)cc(CC2CCNCC2)c1.NCC(=S)N1CCC(Cc2cc(F)cc(F)c2)CC1.O=S(=O)(O)O.S=C(n1ccnc1)n1ccnc1. The van der Waals surface area contributed by atoms with Crippen molar-refractivity contribution in [1.29, 1.82) is 0 Å². The Kier molecular flexibility index (Phi) is 35.9. The quantitative estimate of drug-likeness (QED) is 0.0316. The molecular weight excluding hydrogens is 1650 g/mol. The number of benzene rings is 4. The smallest absolute Gasteiger partial charge is 0.394 e. The van der Waals surface area contributed by atoms with Gasteiger partial charge in [-0.25, -0.2) is 63.9 Å². The molecule has 636 valence electrons. The van der Waals surface area contributed by atoms with Crippen LogP contribution in [0.5, 0.6) is 0 Å². The molecular formula is C78H88F8N18O11S4. The molecule has 10 aromatic rings. The normalized spacial score (nSPS) is 14.5. The molecule has 10 heterocycles. The minimum absolute atomic E-state index is 0.132. The number of piperidine rings is 4. The Morgan fingerprint density at radius 3 is 1.24 bits per heavy atom. The Morgan fingerprint density at radius 2 is 0.874 bits per heavy atom. The third-order valence-electron chi connectivity index (χ3n) is 19.1. The van der Waals surface area contributed by atoms with E-state index in [4.69, 9.17) is 69.5 Å². The number of aromatic carboxylic acids is 1. The van der Waals surface area contributed by atoms with Crippen molar-refractivity contribution in [2.45, 2.75) is 77.0 Å². The van der Waals surface area contributed by atoms with Crippen LogP contribution in [0, 0.1) is 70.2 Å². The van der Waals surface area contributed by atoms with Crippen LogP contribution in [-0.4, -0.2) is 183 Å². The van der Waals surface area contributed by atoms with Crippen molar-refractivity contribution in [1.82, 2.24) is 79.0 Å². The number of anilines is 1. The van der Waals surface area contributed by atoms with Crippen molar-refractivity contribution in [3.8, 4) is 11.6 Å². The third-order valence-corrected chi connectivity index (χ3v) is 20.3. The molecule has 0 unspecified atom stereocenters. The van der Waals surface area contributed by atoms with E-state index >= 15 is 0 Å². The Hall–Kier alpha value is -11.1. The number of aryl methyl sites for hydroxylation is 3. The van der Waals surface area contributed by atoms with Gasteiger partial charge in [-0.05, 0) is 220 Å². The topological polar surface area (TPSA) is 368 Å². The number of rotatable bonds is 15. The zero-order chi connectivity index (χ0) is 86.5. The van der Waals surface area contributed by atoms with Crippen LogP contribution in [-0.2, 0) is 57.2 Å². The lowest BCUT2D eigenvalue weighted by Gasteiger charge is -2.34. The summed E-state index contributed by atoms with van der Waals surface area (Å²) in [5.41, 5.74) is 8.00. The van der Waals surface area contributed by atoms with Crippen molar-refractivity contribution in [3.63, 3.8) is 0 Å². The van der Waals surface area contributed by atoms with Crippen LogP contribution in [0.1, 0.15) is 94.6 Å². The summed E-state index contributed by atoms with van der Waals surface area (Å²) in [4.78, 5) is 75.7. The van der Waals surface area contributed by atoms with Gasteiger partial charge in [0.05, 0.1) is 16.5 Å². The van der Waals surface area contributed by atoms with Gasteiger partial charge in [0, 0.05) is 134 Å². The standard InChI is InChI=1S/C20H22F2N4O2S.C19H19F2N5O2.C14H18F2N2S.C12H15F2N.C7H6N4S.C6H6N2O3.H2O4S/c1-25-18(27)3-2-17(24-25)20(28)23-12-19(29)26-6-4-13(5-7-26)8-14-9-15(21)11-16(22)10-14;1-25-17(27)3-2-16(23-25)18-22-19(24-28-18)26-6-4-12(5-7-26)8-13-9-14(20)11-15(21)10-13;15-12-6-11(7-13(16)8-12)5-10-1-3-18(4-2-10)14(19)9-17;13-11-6-10(7-12(14)8-11)5-9-1-3-15-4-2-9;12-7(10-3-1-8-5-10)11-4-2-9-6-11;1-8-5(9)3-2-4(7-8)6(10)11;1-5(2,3)4/h2-3,9-11,13H,4-8,12H2,1H3,(H,23,28);2-3,9-12H,4-8H2,1H3;6-8,10H,1-5,9,17H2;6-9,15H,1-5H2;1-6H;2-3H,1H3,(H,10,11);(H2,1,2,3,4). The lowest BCUT2D eigenvalue weighted by atomic mass is 9.90. The number of aromatic nitrogens is 12. The molecule has 41 heteroatoms. The van der Waals surface area contributed by atoms with Crippen molar-refractivity contribution in [2.75, 3.05) is 70.3 Å². The maximum Gasteiger partial charge on any atom is 0.394 e. The number of carboxylic acid groups (broad SMARTS) is 1. The highest BCUT2D eigenvalue weighted by Gasteiger charge is 2.27. The fourth-order valence-corrected chi connectivity index (χ4v) is 13.8. The maximum atomic E-state index is 13.4. The second-order valence-electron chi connectivity index (χ2n) is 28.0. The first-order valence-corrected chi connectivity index (χ1v) is 39.9. The number of halogens is 8. The molecule has 0 saturated carbocycles. The Balaban J connectivity index is 0.000000182. The molecule has 4 fully saturated rings. The number of likely N-dealkylation sites (tertiary alicyclic amines) is 2. The Morgan fingerprint density at radius 1 is 0.521 bits per heavy atom. The van der Waals surface area contributed by atoms with Crippen molar-refractivity contribution in [2.24, 2.45) is 50.5 Å². The number of hydrogen-bond donors (Lipinski definition) is 6. The zero-order valence-electron chi connectivity index (χ0n) is 64.8. The van der Waals surface area contributed by atoms with E-state index in [0.717, 1.165) is 172 Å². The van der Waals surface area contributed by atoms with E-state index < -0.39 is 68.8 Å². The number of carbonyl (C=O) groups is 2. The monoisotopic (exact) mass is 1730 g/mol. The van der Waals surface area contributed by atoms with Crippen LogP contribution in [0.2, 0.25) is 0 Å². The van der Waals surface area contributed by atoms with E-state index in [0.29, 0.717) is 75.9 Å². The van der Waals surface area contributed by atoms with Crippen LogP contribution >= 0.6 is 36.7 Å². The largest absolute Gasteiger partial charge is 0.476 e. The minimum Gasteiger partial charge on any atom is -0.476 e. The first-order chi connectivity index (χ1) is 56.6. The molecule has 0 radical (unpaired) electrons. The van der Waals surface area contributed by atoms with Crippen LogP contribution < -0.4 is 37.9 Å². The van der Waals surface area contributed by atoms with Gasteiger partial charge < -0.3 is 40.7 Å². The number of nitrogens with two attached hydrogens (primary N) is 1. The summed E-state index contributed by atoms with van der Waals surface area (Å²) >= 11 is 15.7.